The topological polar surface area (TPSA) is 111 Å². The molecular weight excluding hydrogens is 324 g/mol. The molecule has 3 heterocycles. The zero-order chi connectivity index (χ0) is 17.4. The van der Waals surface area contributed by atoms with E-state index in [1.807, 2.05) is 29.2 Å². The summed E-state index contributed by atoms with van der Waals surface area (Å²) in [5.41, 5.74) is 1.18. The highest BCUT2D eigenvalue weighted by Crippen LogP contribution is 2.19. The lowest BCUT2D eigenvalue weighted by molar-refractivity contribution is 0.0670. The van der Waals surface area contributed by atoms with E-state index in [0.717, 1.165) is 10.9 Å². The zero-order valence-corrected chi connectivity index (χ0v) is 13.7. The lowest BCUT2D eigenvalue weighted by atomic mass is 10.2. The zero-order valence-electron chi connectivity index (χ0n) is 13.7. The normalized spacial score (nSPS) is 18.6. The lowest BCUT2D eigenvalue weighted by Gasteiger charge is -2.20. The van der Waals surface area contributed by atoms with Crippen molar-refractivity contribution in [3.05, 3.63) is 35.9 Å². The van der Waals surface area contributed by atoms with Gasteiger partial charge < -0.3 is 19.4 Å². The van der Waals surface area contributed by atoms with Crippen molar-refractivity contribution in [3.8, 4) is 0 Å². The van der Waals surface area contributed by atoms with E-state index < -0.39 is 6.10 Å². The van der Waals surface area contributed by atoms with Crippen LogP contribution >= 0.6 is 0 Å². The van der Waals surface area contributed by atoms with Gasteiger partial charge in [-0.15, -0.1) is 0 Å². The summed E-state index contributed by atoms with van der Waals surface area (Å²) in [7, 11) is 0. The summed E-state index contributed by atoms with van der Waals surface area (Å²) >= 11 is 0. The minimum atomic E-state index is -0.713. The van der Waals surface area contributed by atoms with Crippen molar-refractivity contribution in [3.63, 3.8) is 0 Å². The highest BCUT2D eigenvalue weighted by atomic mass is 16.5. The van der Waals surface area contributed by atoms with Crippen LogP contribution in [0, 0.1) is 6.92 Å². The molecule has 1 saturated heterocycles. The van der Waals surface area contributed by atoms with Gasteiger partial charge in [-0.3, -0.25) is 9.89 Å². The Morgan fingerprint density at radius 1 is 1.32 bits per heavy atom. The van der Waals surface area contributed by atoms with Crippen molar-refractivity contribution >= 4 is 22.8 Å². The SMILES string of the molecule is Cc1nc(N2CCN(C(=O)c3n[nH]c4ccccc34)CC(O)C2)no1. The van der Waals surface area contributed by atoms with Crippen LogP contribution in [-0.4, -0.2) is 68.5 Å². The molecule has 1 aliphatic heterocycles. The lowest BCUT2D eigenvalue weighted by Crippen LogP contribution is -2.38. The molecule has 1 fully saturated rings. The van der Waals surface area contributed by atoms with Crippen LogP contribution in [0.15, 0.2) is 28.8 Å². The first kappa shape index (κ1) is 15.6. The Labute approximate surface area is 143 Å². The van der Waals surface area contributed by atoms with Gasteiger partial charge in [0.2, 0.25) is 5.89 Å². The number of benzene rings is 1. The summed E-state index contributed by atoms with van der Waals surface area (Å²) in [6.07, 6.45) is -0.713. The van der Waals surface area contributed by atoms with Crippen LogP contribution in [0.1, 0.15) is 16.4 Å². The quantitative estimate of drug-likeness (QED) is 0.700. The summed E-state index contributed by atoms with van der Waals surface area (Å²) in [5.74, 6) is 0.684. The smallest absolute Gasteiger partial charge is 0.275 e. The number of carbonyl (C=O) groups excluding carboxylic acids is 1. The Morgan fingerprint density at radius 2 is 2.16 bits per heavy atom. The number of nitrogens with one attached hydrogen (secondary N) is 1. The molecule has 2 aromatic heterocycles. The van der Waals surface area contributed by atoms with E-state index in [-0.39, 0.29) is 12.5 Å². The Morgan fingerprint density at radius 3 is 2.96 bits per heavy atom. The largest absolute Gasteiger partial charge is 0.389 e. The van der Waals surface area contributed by atoms with E-state index >= 15 is 0 Å². The van der Waals surface area contributed by atoms with Gasteiger partial charge in [0.15, 0.2) is 5.69 Å². The number of nitrogens with zero attached hydrogens (tertiary/aromatic N) is 5. The average molecular weight is 342 g/mol. The van der Waals surface area contributed by atoms with E-state index in [1.165, 1.54) is 0 Å². The van der Waals surface area contributed by atoms with Crippen molar-refractivity contribution in [1.82, 2.24) is 25.2 Å². The van der Waals surface area contributed by atoms with Gasteiger partial charge in [0, 0.05) is 38.5 Å². The Balaban J connectivity index is 1.55. The second-order valence-electron chi connectivity index (χ2n) is 6.08. The van der Waals surface area contributed by atoms with Crippen LogP contribution in [0.2, 0.25) is 0 Å². The molecule has 2 N–H and O–H groups in total. The van der Waals surface area contributed by atoms with Crippen molar-refractivity contribution in [2.75, 3.05) is 31.1 Å². The number of aromatic amines is 1. The van der Waals surface area contributed by atoms with Crippen molar-refractivity contribution in [1.29, 1.82) is 0 Å². The van der Waals surface area contributed by atoms with E-state index in [2.05, 4.69) is 20.3 Å². The number of rotatable bonds is 2. The van der Waals surface area contributed by atoms with Crippen LogP contribution < -0.4 is 4.90 Å². The average Bonchev–Trinajstić information content (AvgIpc) is 3.17. The van der Waals surface area contributed by atoms with Gasteiger partial charge in [-0.25, -0.2) is 0 Å². The minimum absolute atomic E-state index is 0.206. The molecular formula is C16H18N6O3. The van der Waals surface area contributed by atoms with E-state index in [9.17, 15) is 9.90 Å². The number of aliphatic hydroxyl groups excluding tert-OH is 1. The minimum Gasteiger partial charge on any atom is -0.389 e. The van der Waals surface area contributed by atoms with Crippen molar-refractivity contribution < 1.29 is 14.4 Å². The molecule has 1 aromatic carbocycles. The maximum Gasteiger partial charge on any atom is 0.275 e. The summed E-state index contributed by atoms with van der Waals surface area (Å²) in [4.78, 5) is 20.5. The number of carbonyl (C=O) groups is 1. The molecule has 9 heteroatoms. The summed E-state index contributed by atoms with van der Waals surface area (Å²) in [5, 5.41) is 22.0. The molecule has 0 bridgehead atoms. The number of anilines is 1. The van der Waals surface area contributed by atoms with Gasteiger partial charge in [0.05, 0.1) is 11.6 Å². The van der Waals surface area contributed by atoms with Gasteiger partial charge in [-0.05, 0) is 11.2 Å². The van der Waals surface area contributed by atoms with Gasteiger partial charge >= 0.3 is 0 Å². The predicted octanol–water partition coefficient (Wildman–Crippen LogP) is 0.578. The second-order valence-corrected chi connectivity index (χ2v) is 6.08. The highest BCUT2D eigenvalue weighted by molar-refractivity contribution is 6.04. The summed E-state index contributed by atoms with van der Waals surface area (Å²) < 4.78 is 5.00. The number of aliphatic hydroxyl groups is 1. The molecule has 9 nitrogen and oxygen atoms in total. The number of fused-ring (bicyclic) bond motifs is 1. The molecule has 1 aliphatic rings. The molecule has 25 heavy (non-hydrogen) atoms. The molecule has 4 rings (SSSR count). The van der Waals surface area contributed by atoms with Gasteiger partial charge in [-0.1, -0.05) is 18.2 Å². The van der Waals surface area contributed by atoms with Crippen LogP contribution in [0.3, 0.4) is 0 Å². The predicted molar refractivity (Wildman–Crippen MR) is 89.3 cm³/mol. The Bertz CT molecular complexity index is 904. The highest BCUT2D eigenvalue weighted by Gasteiger charge is 2.28. The number of amides is 1. The van der Waals surface area contributed by atoms with Crippen LogP contribution in [-0.2, 0) is 0 Å². The molecule has 1 amide bonds. The number of aryl methyl sites for hydroxylation is 1. The standard InChI is InChI=1S/C16H18N6O3/c1-10-17-16(20-25-10)22-7-6-21(8-11(23)9-22)15(24)14-12-4-2-3-5-13(12)18-19-14/h2-5,11,23H,6-9H2,1H3,(H,18,19). The second kappa shape index (κ2) is 6.17. The number of hydrogen-bond acceptors (Lipinski definition) is 7. The monoisotopic (exact) mass is 342 g/mol. The molecule has 130 valence electrons. The first-order valence-electron chi connectivity index (χ1n) is 8.07. The van der Waals surface area contributed by atoms with Gasteiger partial charge in [0.1, 0.15) is 0 Å². The van der Waals surface area contributed by atoms with E-state index in [4.69, 9.17) is 4.52 Å². The molecule has 0 radical (unpaired) electrons. The first-order chi connectivity index (χ1) is 12.1. The summed E-state index contributed by atoms with van der Waals surface area (Å²) in [6.45, 7) is 3.22. The van der Waals surface area contributed by atoms with Crippen LogP contribution in [0.5, 0.6) is 0 Å². The van der Waals surface area contributed by atoms with Crippen molar-refractivity contribution in [2.45, 2.75) is 13.0 Å². The summed E-state index contributed by atoms with van der Waals surface area (Å²) in [6, 6.07) is 7.48. The molecule has 0 spiro atoms. The van der Waals surface area contributed by atoms with Gasteiger partial charge in [-0.2, -0.15) is 10.1 Å². The first-order valence-corrected chi connectivity index (χ1v) is 8.07. The van der Waals surface area contributed by atoms with E-state index in [1.54, 1.807) is 11.8 Å². The number of aromatic nitrogens is 4. The van der Waals surface area contributed by atoms with Crippen molar-refractivity contribution in [2.24, 2.45) is 0 Å². The fraction of sp³-hybridized carbons (Fsp3) is 0.375. The molecule has 0 aliphatic carbocycles. The maximum absolute atomic E-state index is 12.9. The van der Waals surface area contributed by atoms with E-state index in [0.29, 0.717) is 37.2 Å². The molecule has 3 aromatic rings. The number of H-pyrrole nitrogens is 1. The fourth-order valence-electron chi connectivity index (χ4n) is 3.05. The molecule has 0 saturated carbocycles. The molecule has 1 atom stereocenters. The van der Waals surface area contributed by atoms with Gasteiger partial charge in [0.25, 0.3) is 11.9 Å². The fourth-order valence-corrected chi connectivity index (χ4v) is 3.05. The third kappa shape index (κ3) is 2.93. The number of para-hydroxylation sites is 1. The van der Waals surface area contributed by atoms with Crippen LogP contribution in [0.25, 0.3) is 10.9 Å². The van der Waals surface area contributed by atoms with Crippen LogP contribution in [0.4, 0.5) is 5.95 Å². The third-order valence-corrected chi connectivity index (χ3v) is 4.26. The maximum atomic E-state index is 12.9. The molecule has 1 unspecified atom stereocenters. The number of hydrogen-bond donors (Lipinski definition) is 2. The Hall–Kier alpha value is -2.94. The Kier molecular flexibility index (Phi) is 3.85. The number of β-amino-alcohol motifs (C(OH)–C–C–N with tert-alkyl or cyclic N) is 1. The third-order valence-electron chi connectivity index (χ3n) is 4.26.